The van der Waals surface area contributed by atoms with Gasteiger partial charge in [-0.05, 0) is 59.7 Å². The molecule has 5 rings (SSSR count). The predicted molar refractivity (Wildman–Crippen MR) is 128 cm³/mol. The third-order valence-electron chi connectivity index (χ3n) is 6.08. The lowest BCUT2D eigenvalue weighted by Gasteiger charge is -2.32. The van der Waals surface area contributed by atoms with Crippen molar-refractivity contribution in [3.63, 3.8) is 0 Å². The van der Waals surface area contributed by atoms with Crippen LogP contribution in [0.4, 0.5) is 10.1 Å². The summed E-state index contributed by atoms with van der Waals surface area (Å²) in [5, 5.41) is 0.623. The van der Waals surface area contributed by atoms with Crippen LogP contribution >= 0.6 is 11.6 Å². The number of methoxy groups -OCH3 is 1. The van der Waals surface area contributed by atoms with E-state index in [1.165, 1.54) is 36.3 Å². The predicted octanol–water partition coefficient (Wildman–Crippen LogP) is 5.40. The first-order valence-corrected chi connectivity index (χ1v) is 11.4. The molecular formula is C27H21ClFNO5. The van der Waals surface area contributed by atoms with Crippen molar-refractivity contribution < 1.29 is 28.2 Å². The van der Waals surface area contributed by atoms with Gasteiger partial charge in [0.2, 0.25) is 5.91 Å². The molecule has 2 heterocycles. The molecule has 1 amide bonds. The van der Waals surface area contributed by atoms with Gasteiger partial charge in [-0.15, -0.1) is 0 Å². The molecule has 2 aliphatic heterocycles. The number of carbonyl (C=O) groups is 2. The van der Waals surface area contributed by atoms with Crippen molar-refractivity contribution in [1.29, 1.82) is 0 Å². The van der Waals surface area contributed by atoms with Gasteiger partial charge in [0.05, 0.1) is 18.4 Å². The number of rotatable bonds is 6. The number of benzene rings is 3. The van der Waals surface area contributed by atoms with Gasteiger partial charge in [-0.1, -0.05) is 29.8 Å². The highest BCUT2D eigenvalue weighted by Gasteiger charge is 2.43. The zero-order chi connectivity index (χ0) is 24.5. The van der Waals surface area contributed by atoms with E-state index in [9.17, 15) is 14.0 Å². The quantitative estimate of drug-likeness (QED) is 0.430. The zero-order valence-corrected chi connectivity index (χ0v) is 19.5. The van der Waals surface area contributed by atoms with Gasteiger partial charge < -0.3 is 14.2 Å². The minimum atomic E-state index is -0.500. The summed E-state index contributed by atoms with van der Waals surface area (Å²) in [6, 6.07) is 18.3. The van der Waals surface area contributed by atoms with Gasteiger partial charge >= 0.3 is 5.97 Å². The molecule has 3 aromatic rings. The number of ether oxygens (including phenoxy) is 3. The lowest BCUT2D eigenvalue weighted by molar-refractivity contribution is -0.136. The molecule has 1 unspecified atom stereocenters. The highest BCUT2D eigenvalue weighted by Crippen LogP contribution is 2.43. The Labute approximate surface area is 206 Å². The lowest BCUT2D eigenvalue weighted by atomic mass is 9.84. The van der Waals surface area contributed by atoms with Gasteiger partial charge in [0.15, 0.2) is 11.5 Å². The Bertz CT molecular complexity index is 1340. The fraction of sp³-hybridized carbons (Fsp3) is 0.185. The number of halogens is 2. The Morgan fingerprint density at radius 1 is 1.06 bits per heavy atom. The second-order valence-corrected chi connectivity index (χ2v) is 8.66. The van der Waals surface area contributed by atoms with E-state index in [0.29, 0.717) is 40.1 Å². The van der Waals surface area contributed by atoms with Crippen molar-refractivity contribution in [3.05, 3.63) is 100.0 Å². The van der Waals surface area contributed by atoms with Crippen LogP contribution < -0.4 is 14.4 Å². The molecule has 178 valence electrons. The van der Waals surface area contributed by atoms with Crippen LogP contribution in [0.15, 0.2) is 78.0 Å². The normalized spacial score (nSPS) is 17.3. The Hall–Kier alpha value is -3.84. The molecule has 0 saturated heterocycles. The molecule has 2 aliphatic rings. The number of amides is 1. The topological polar surface area (TPSA) is 65.1 Å². The molecule has 0 spiro atoms. The smallest absolute Gasteiger partial charge is 0.336 e. The lowest BCUT2D eigenvalue weighted by Crippen LogP contribution is -2.37. The summed E-state index contributed by atoms with van der Waals surface area (Å²) in [5.74, 6) is -0.585. The van der Waals surface area contributed by atoms with Crippen molar-refractivity contribution in [2.75, 3.05) is 18.6 Å². The molecule has 0 aliphatic carbocycles. The maximum Gasteiger partial charge on any atom is 0.336 e. The van der Waals surface area contributed by atoms with E-state index in [2.05, 4.69) is 0 Å². The number of cyclic esters (lactones) is 1. The average molecular weight is 494 g/mol. The SMILES string of the molecule is COc1cc(C2CC(=O)N(c3ccc(F)cc3)C3=C2C(=O)OC3)ccc1OCc1cccc(Cl)c1. The molecule has 6 nitrogen and oxygen atoms in total. The largest absolute Gasteiger partial charge is 0.493 e. The van der Waals surface area contributed by atoms with Crippen molar-refractivity contribution in [1.82, 2.24) is 0 Å². The van der Waals surface area contributed by atoms with Gasteiger partial charge in [0, 0.05) is 23.0 Å². The Morgan fingerprint density at radius 2 is 1.86 bits per heavy atom. The minimum absolute atomic E-state index is 0.0221. The molecule has 0 N–H and O–H groups in total. The third kappa shape index (κ3) is 4.47. The first kappa shape index (κ1) is 22.9. The highest BCUT2D eigenvalue weighted by molar-refractivity contribution is 6.30. The van der Waals surface area contributed by atoms with Crippen LogP contribution in [0.2, 0.25) is 5.02 Å². The van der Waals surface area contributed by atoms with Gasteiger partial charge in [-0.25, -0.2) is 9.18 Å². The second-order valence-electron chi connectivity index (χ2n) is 8.23. The van der Waals surface area contributed by atoms with Crippen molar-refractivity contribution in [2.45, 2.75) is 18.9 Å². The summed E-state index contributed by atoms with van der Waals surface area (Å²) >= 11 is 6.05. The molecule has 0 saturated carbocycles. The first-order chi connectivity index (χ1) is 16.9. The zero-order valence-electron chi connectivity index (χ0n) is 18.8. The van der Waals surface area contributed by atoms with Crippen LogP contribution in [0.25, 0.3) is 0 Å². The molecule has 0 fully saturated rings. The van der Waals surface area contributed by atoms with E-state index >= 15 is 0 Å². The number of esters is 1. The molecule has 8 heteroatoms. The third-order valence-corrected chi connectivity index (χ3v) is 6.31. The first-order valence-electron chi connectivity index (χ1n) is 11.0. The van der Waals surface area contributed by atoms with Gasteiger partial charge in [0.25, 0.3) is 0 Å². The van der Waals surface area contributed by atoms with Gasteiger partial charge in [-0.3, -0.25) is 9.69 Å². The van der Waals surface area contributed by atoms with Crippen LogP contribution in [0.1, 0.15) is 23.5 Å². The van der Waals surface area contributed by atoms with Crippen LogP contribution in [-0.2, 0) is 20.9 Å². The molecule has 0 radical (unpaired) electrons. The van der Waals surface area contributed by atoms with E-state index in [1.807, 2.05) is 24.3 Å². The Kier molecular flexibility index (Phi) is 6.17. The van der Waals surface area contributed by atoms with E-state index in [0.717, 1.165) is 11.1 Å². The van der Waals surface area contributed by atoms with Gasteiger partial charge in [0.1, 0.15) is 19.0 Å². The molecular weight excluding hydrogens is 473 g/mol. The molecule has 3 aromatic carbocycles. The molecule has 35 heavy (non-hydrogen) atoms. The van der Waals surface area contributed by atoms with Gasteiger partial charge in [-0.2, -0.15) is 0 Å². The van der Waals surface area contributed by atoms with E-state index in [1.54, 1.807) is 18.2 Å². The van der Waals surface area contributed by atoms with Crippen LogP contribution in [0, 0.1) is 5.82 Å². The summed E-state index contributed by atoms with van der Waals surface area (Å²) < 4.78 is 30.2. The Morgan fingerprint density at radius 3 is 2.60 bits per heavy atom. The average Bonchev–Trinajstić information content (AvgIpc) is 3.24. The molecule has 0 bridgehead atoms. The van der Waals surface area contributed by atoms with Crippen molar-refractivity contribution in [3.8, 4) is 11.5 Å². The van der Waals surface area contributed by atoms with Crippen molar-refractivity contribution in [2.24, 2.45) is 0 Å². The second kappa shape index (κ2) is 9.43. The summed E-state index contributed by atoms with van der Waals surface area (Å²) in [5.41, 5.74) is 3.02. The monoisotopic (exact) mass is 493 g/mol. The van der Waals surface area contributed by atoms with E-state index < -0.39 is 17.7 Å². The fourth-order valence-corrected chi connectivity index (χ4v) is 4.65. The van der Waals surface area contributed by atoms with Crippen LogP contribution in [0.5, 0.6) is 11.5 Å². The van der Waals surface area contributed by atoms with E-state index in [-0.39, 0.29) is 18.9 Å². The van der Waals surface area contributed by atoms with Crippen molar-refractivity contribution >= 4 is 29.2 Å². The number of hydrogen-bond donors (Lipinski definition) is 0. The van der Waals surface area contributed by atoms with E-state index in [4.69, 9.17) is 25.8 Å². The summed E-state index contributed by atoms with van der Waals surface area (Å²) in [6.07, 6.45) is 0.0528. The van der Waals surface area contributed by atoms with Crippen LogP contribution in [-0.4, -0.2) is 25.6 Å². The molecule has 1 atom stereocenters. The number of carbonyl (C=O) groups excluding carboxylic acids is 2. The summed E-state index contributed by atoms with van der Waals surface area (Å²) in [7, 11) is 1.53. The number of anilines is 1. The Balaban J connectivity index is 1.45. The fourth-order valence-electron chi connectivity index (χ4n) is 4.44. The maximum absolute atomic E-state index is 13.4. The maximum atomic E-state index is 13.4. The number of hydrogen-bond acceptors (Lipinski definition) is 5. The molecule has 0 aromatic heterocycles. The summed E-state index contributed by atoms with van der Waals surface area (Å²) in [4.78, 5) is 27.3. The highest BCUT2D eigenvalue weighted by atomic mass is 35.5. The number of nitrogens with zero attached hydrogens (tertiary/aromatic N) is 1. The van der Waals surface area contributed by atoms with Crippen LogP contribution in [0.3, 0.4) is 0 Å². The standard InChI is InChI=1S/C27H21ClFNO5/c1-33-24-12-17(5-10-23(24)34-14-16-3-2-4-18(28)11-16)21-13-25(31)30(20-8-6-19(29)7-9-20)22-15-35-27(32)26(21)22/h2-12,21H,13-15H2,1H3. The summed E-state index contributed by atoms with van der Waals surface area (Å²) in [6.45, 7) is 0.276. The minimum Gasteiger partial charge on any atom is -0.493 e.